The number of hydroxylamine groups is 2. The molecule has 1 fully saturated rings. The zero-order valence-electron chi connectivity index (χ0n) is 9.64. The Hall–Kier alpha value is -2.31. The van der Waals surface area contributed by atoms with E-state index in [0.717, 1.165) is 12.1 Å². The van der Waals surface area contributed by atoms with E-state index >= 15 is 0 Å². The van der Waals surface area contributed by atoms with Gasteiger partial charge >= 0.3 is 11.9 Å². The Morgan fingerprint density at radius 1 is 1.11 bits per heavy atom. The van der Waals surface area contributed by atoms with Gasteiger partial charge in [-0.05, 0) is 0 Å². The minimum Gasteiger partial charge on any atom is -0.324 e. The van der Waals surface area contributed by atoms with Crippen LogP contribution in [0.2, 0.25) is 0 Å². The van der Waals surface area contributed by atoms with Crippen molar-refractivity contribution in [3.05, 3.63) is 35.9 Å². The Morgan fingerprint density at radius 2 is 1.63 bits per heavy atom. The van der Waals surface area contributed by atoms with E-state index in [4.69, 9.17) is 0 Å². The minimum atomic E-state index is -3.93. The lowest BCUT2D eigenvalue weighted by atomic mass is 10.1. The zero-order chi connectivity index (χ0) is 14.0. The molecule has 5 nitrogen and oxygen atoms in total. The van der Waals surface area contributed by atoms with Crippen LogP contribution in [-0.2, 0) is 25.1 Å². The van der Waals surface area contributed by atoms with Crippen LogP contribution in [0.3, 0.4) is 0 Å². The van der Waals surface area contributed by atoms with Crippen molar-refractivity contribution in [2.24, 2.45) is 0 Å². The molecular formula is C12H9F2NO4. The van der Waals surface area contributed by atoms with Crippen molar-refractivity contribution in [3.8, 4) is 0 Å². The summed E-state index contributed by atoms with van der Waals surface area (Å²) in [5.41, 5.74) is -0.570. The lowest BCUT2D eigenvalue weighted by Gasteiger charge is -2.18. The molecule has 0 bridgehead atoms. The molecule has 1 saturated heterocycles. The molecule has 7 heteroatoms. The van der Waals surface area contributed by atoms with Gasteiger partial charge in [0, 0.05) is 18.4 Å². The van der Waals surface area contributed by atoms with Crippen LogP contribution in [0.4, 0.5) is 8.78 Å². The largest absolute Gasteiger partial charge is 0.407 e. The van der Waals surface area contributed by atoms with Crippen LogP contribution < -0.4 is 0 Å². The summed E-state index contributed by atoms with van der Waals surface area (Å²) in [6.07, 6.45) is -0.300. The summed E-state index contributed by atoms with van der Waals surface area (Å²) < 4.78 is 27.5. The predicted octanol–water partition coefficient (Wildman–Crippen LogP) is 1.39. The number of nitrogens with zero attached hydrogens (tertiary/aromatic N) is 1. The molecule has 2 rings (SSSR count). The van der Waals surface area contributed by atoms with Crippen molar-refractivity contribution >= 4 is 17.8 Å². The number of benzene rings is 1. The fourth-order valence-electron chi connectivity index (χ4n) is 1.56. The summed E-state index contributed by atoms with van der Waals surface area (Å²) in [7, 11) is 0. The summed E-state index contributed by atoms with van der Waals surface area (Å²) in [5, 5.41) is 0.0964. The Kier molecular flexibility index (Phi) is 3.28. The average molecular weight is 269 g/mol. The zero-order valence-corrected chi connectivity index (χ0v) is 9.64. The van der Waals surface area contributed by atoms with Gasteiger partial charge in [-0.1, -0.05) is 30.3 Å². The Labute approximate surface area is 106 Å². The van der Waals surface area contributed by atoms with Gasteiger partial charge in [-0.3, -0.25) is 9.59 Å². The molecule has 0 aromatic heterocycles. The summed E-state index contributed by atoms with van der Waals surface area (Å²) in [4.78, 5) is 37.9. The number of alkyl halides is 2. The van der Waals surface area contributed by atoms with Gasteiger partial charge in [0.25, 0.3) is 11.8 Å². The lowest BCUT2D eigenvalue weighted by Crippen LogP contribution is -2.38. The van der Waals surface area contributed by atoms with E-state index in [1.807, 2.05) is 0 Å². The first kappa shape index (κ1) is 13.1. The van der Waals surface area contributed by atoms with Gasteiger partial charge in [0.05, 0.1) is 0 Å². The Balaban J connectivity index is 2.15. The average Bonchev–Trinajstić information content (AvgIpc) is 2.71. The number of carbonyl (C=O) groups is 3. The highest BCUT2D eigenvalue weighted by molar-refractivity contribution is 6.01. The molecule has 100 valence electrons. The maximum absolute atomic E-state index is 13.7. The standard InChI is InChI=1S/C12H9F2NO4/c13-12(14,8-4-2-1-3-5-8)11(18)19-15-9(16)6-7-10(15)17/h1-5H,6-7H2. The van der Waals surface area contributed by atoms with Gasteiger partial charge < -0.3 is 4.84 Å². The molecule has 1 heterocycles. The van der Waals surface area contributed by atoms with Crippen molar-refractivity contribution in [1.29, 1.82) is 0 Å². The van der Waals surface area contributed by atoms with E-state index in [2.05, 4.69) is 4.84 Å². The first-order valence-electron chi connectivity index (χ1n) is 5.44. The first-order valence-corrected chi connectivity index (χ1v) is 5.44. The van der Waals surface area contributed by atoms with E-state index in [-0.39, 0.29) is 17.9 Å². The van der Waals surface area contributed by atoms with Crippen molar-refractivity contribution in [3.63, 3.8) is 0 Å². The topological polar surface area (TPSA) is 63.7 Å². The van der Waals surface area contributed by atoms with Gasteiger partial charge in [0.1, 0.15) is 0 Å². The van der Waals surface area contributed by atoms with Crippen molar-refractivity contribution in [2.45, 2.75) is 18.8 Å². The van der Waals surface area contributed by atoms with E-state index in [9.17, 15) is 23.2 Å². The molecule has 19 heavy (non-hydrogen) atoms. The van der Waals surface area contributed by atoms with Crippen LogP contribution in [-0.4, -0.2) is 22.8 Å². The second-order valence-corrected chi connectivity index (χ2v) is 3.90. The Morgan fingerprint density at radius 3 is 2.16 bits per heavy atom. The minimum absolute atomic E-state index is 0.0964. The van der Waals surface area contributed by atoms with Gasteiger partial charge in [0.2, 0.25) is 0 Å². The molecule has 1 aliphatic rings. The molecule has 1 aliphatic heterocycles. The highest BCUT2D eigenvalue weighted by Crippen LogP contribution is 2.30. The number of carbonyl (C=O) groups excluding carboxylic acids is 3. The van der Waals surface area contributed by atoms with Gasteiger partial charge in [-0.15, -0.1) is 5.06 Å². The van der Waals surface area contributed by atoms with Crippen molar-refractivity contribution in [2.75, 3.05) is 0 Å². The van der Waals surface area contributed by atoms with E-state index in [1.165, 1.54) is 18.2 Å². The third kappa shape index (κ3) is 2.44. The third-order valence-electron chi connectivity index (χ3n) is 2.57. The van der Waals surface area contributed by atoms with Crippen molar-refractivity contribution in [1.82, 2.24) is 5.06 Å². The first-order chi connectivity index (χ1) is 8.93. The normalized spacial score (nSPS) is 15.8. The van der Waals surface area contributed by atoms with Crippen LogP contribution in [0.1, 0.15) is 18.4 Å². The number of rotatable bonds is 3. The molecule has 0 atom stereocenters. The maximum Gasteiger partial charge on any atom is 0.407 e. The molecule has 1 aromatic carbocycles. The van der Waals surface area contributed by atoms with Gasteiger partial charge in [-0.25, -0.2) is 4.79 Å². The molecule has 0 N–H and O–H groups in total. The second-order valence-electron chi connectivity index (χ2n) is 3.90. The van der Waals surface area contributed by atoms with Crippen LogP contribution >= 0.6 is 0 Å². The van der Waals surface area contributed by atoms with Gasteiger partial charge in [0.15, 0.2) is 0 Å². The quantitative estimate of drug-likeness (QED) is 0.778. The second kappa shape index (κ2) is 4.75. The lowest BCUT2D eigenvalue weighted by molar-refractivity contribution is -0.216. The molecule has 0 spiro atoms. The van der Waals surface area contributed by atoms with E-state index in [0.29, 0.717) is 0 Å². The number of halogens is 2. The van der Waals surface area contributed by atoms with E-state index in [1.54, 1.807) is 0 Å². The number of amides is 2. The molecular weight excluding hydrogens is 260 g/mol. The Bertz CT molecular complexity index is 514. The molecule has 1 aromatic rings. The molecule has 0 saturated carbocycles. The summed E-state index contributed by atoms with van der Waals surface area (Å²) in [6.45, 7) is 0. The van der Waals surface area contributed by atoms with Crippen LogP contribution in [0.25, 0.3) is 0 Å². The maximum atomic E-state index is 13.7. The summed E-state index contributed by atoms with van der Waals surface area (Å²) >= 11 is 0. The van der Waals surface area contributed by atoms with Crippen molar-refractivity contribution < 1.29 is 28.0 Å². The molecule has 2 amide bonds. The highest BCUT2D eigenvalue weighted by Gasteiger charge is 2.46. The molecule has 0 aliphatic carbocycles. The number of hydrogen-bond donors (Lipinski definition) is 0. The monoisotopic (exact) mass is 269 g/mol. The third-order valence-corrected chi connectivity index (χ3v) is 2.57. The van der Waals surface area contributed by atoms with E-state index < -0.39 is 29.3 Å². The molecule has 0 unspecified atom stereocenters. The van der Waals surface area contributed by atoms with Crippen LogP contribution in [0.15, 0.2) is 30.3 Å². The van der Waals surface area contributed by atoms with Crippen LogP contribution in [0, 0.1) is 0 Å². The fourth-order valence-corrected chi connectivity index (χ4v) is 1.56. The predicted molar refractivity (Wildman–Crippen MR) is 57.5 cm³/mol. The van der Waals surface area contributed by atoms with Crippen LogP contribution in [0.5, 0.6) is 0 Å². The number of hydrogen-bond acceptors (Lipinski definition) is 4. The fraction of sp³-hybridized carbons (Fsp3) is 0.250. The summed E-state index contributed by atoms with van der Waals surface area (Å²) in [6, 6.07) is 6.29. The highest BCUT2D eigenvalue weighted by atomic mass is 19.3. The molecule has 0 radical (unpaired) electrons. The SMILES string of the molecule is O=C1CCC(=O)N1OC(=O)C(F)(F)c1ccccc1. The number of imide groups is 1. The smallest absolute Gasteiger partial charge is 0.324 e. The summed E-state index contributed by atoms with van der Waals surface area (Å²) in [5.74, 6) is -7.49. The van der Waals surface area contributed by atoms with Gasteiger partial charge in [-0.2, -0.15) is 8.78 Å².